The van der Waals surface area contributed by atoms with Crippen LogP contribution in [0.5, 0.6) is 5.75 Å². The summed E-state index contributed by atoms with van der Waals surface area (Å²) in [4.78, 5) is 22.5. The van der Waals surface area contributed by atoms with Gasteiger partial charge in [0.15, 0.2) is 5.78 Å². The third kappa shape index (κ3) is 3.54. The van der Waals surface area contributed by atoms with E-state index in [9.17, 15) is 9.59 Å². The van der Waals surface area contributed by atoms with E-state index in [1.165, 1.54) is 12.3 Å². The Morgan fingerprint density at radius 2 is 1.86 bits per heavy atom. The second-order valence-electron chi connectivity index (χ2n) is 4.48. The van der Waals surface area contributed by atoms with Gasteiger partial charge in [-0.1, -0.05) is 12.1 Å². The maximum Gasteiger partial charge on any atom is 0.371 e. The van der Waals surface area contributed by atoms with Crippen LogP contribution in [0.1, 0.15) is 21.7 Å². The molecule has 2 aromatic rings. The summed E-state index contributed by atoms with van der Waals surface area (Å²) in [6.45, 7) is 0. The standard InChI is InChI=1S/C16H14O6/c1-21-11-4-2-10(3-5-11)8-15-12(6-7-22-15)13(17)9-14(18)16(19)20/h2-7,9,18H,8H2,1H3,(H,19,20). The number of carbonyl (C=O) groups excluding carboxylic acids is 1. The van der Waals surface area contributed by atoms with Crippen molar-refractivity contribution in [2.24, 2.45) is 0 Å². The van der Waals surface area contributed by atoms with Crippen LogP contribution in [0, 0.1) is 0 Å². The third-order valence-electron chi connectivity index (χ3n) is 3.02. The van der Waals surface area contributed by atoms with Crippen molar-refractivity contribution in [2.75, 3.05) is 7.11 Å². The Morgan fingerprint density at radius 1 is 1.18 bits per heavy atom. The van der Waals surface area contributed by atoms with Crippen molar-refractivity contribution in [3.8, 4) is 5.75 Å². The summed E-state index contributed by atoms with van der Waals surface area (Å²) in [6.07, 6.45) is 2.36. The first-order valence-corrected chi connectivity index (χ1v) is 6.39. The minimum atomic E-state index is -1.56. The maximum absolute atomic E-state index is 12.0. The molecule has 1 aromatic carbocycles. The lowest BCUT2D eigenvalue weighted by atomic mass is 10.0. The van der Waals surface area contributed by atoms with E-state index < -0.39 is 17.5 Å². The Labute approximate surface area is 126 Å². The molecule has 0 spiro atoms. The van der Waals surface area contributed by atoms with E-state index in [1.54, 1.807) is 19.2 Å². The first-order valence-electron chi connectivity index (χ1n) is 6.39. The van der Waals surface area contributed by atoms with Crippen LogP contribution in [0.3, 0.4) is 0 Å². The molecular formula is C16H14O6. The minimum absolute atomic E-state index is 0.212. The van der Waals surface area contributed by atoms with Crippen LogP contribution in [0.4, 0.5) is 0 Å². The fraction of sp³-hybridized carbons (Fsp3) is 0.125. The van der Waals surface area contributed by atoms with Crippen molar-refractivity contribution in [3.63, 3.8) is 0 Å². The number of rotatable bonds is 6. The highest BCUT2D eigenvalue weighted by atomic mass is 16.5. The van der Waals surface area contributed by atoms with Crippen LogP contribution in [-0.2, 0) is 11.2 Å². The number of hydrogen-bond acceptors (Lipinski definition) is 5. The van der Waals surface area contributed by atoms with E-state index in [-0.39, 0.29) is 5.56 Å². The zero-order chi connectivity index (χ0) is 16.1. The highest BCUT2D eigenvalue weighted by molar-refractivity contribution is 6.08. The molecule has 22 heavy (non-hydrogen) atoms. The van der Waals surface area contributed by atoms with Crippen molar-refractivity contribution < 1.29 is 29.0 Å². The Hall–Kier alpha value is -3.02. The van der Waals surface area contributed by atoms with Crippen LogP contribution in [0.2, 0.25) is 0 Å². The first kappa shape index (κ1) is 15.4. The van der Waals surface area contributed by atoms with Crippen molar-refractivity contribution in [1.29, 1.82) is 0 Å². The number of carboxylic acid groups (broad SMARTS) is 1. The van der Waals surface area contributed by atoms with Crippen molar-refractivity contribution in [1.82, 2.24) is 0 Å². The van der Waals surface area contributed by atoms with Crippen LogP contribution < -0.4 is 4.74 Å². The normalized spacial score (nSPS) is 11.2. The summed E-state index contributed by atoms with van der Waals surface area (Å²) in [5.74, 6) is -2.09. The summed E-state index contributed by atoms with van der Waals surface area (Å²) >= 11 is 0. The second-order valence-corrected chi connectivity index (χ2v) is 4.48. The number of methoxy groups -OCH3 is 1. The number of benzene rings is 1. The summed E-state index contributed by atoms with van der Waals surface area (Å²) in [5, 5.41) is 17.7. The number of aliphatic carboxylic acids is 1. The second kappa shape index (κ2) is 6.62. The monoisotopic (exact) mass is 302 g/mol. The van der Waals surface area contributed by atoms with Crippen LogP contribution in [0.25, 0.3) is 0 Å². The van der Waals surface area contributed by atoms with Crippen LogP contribution in [-0.4, -0.2) is 29.1 Å². The Balaban J connectivity index is 2.20. The first-order chi connectivity index (χ1) is 10.5. The molecule has 0 fully saturated rings. The molecule has 2 N–H and O–H groups in total. The van der Waals surface area contributed by atoms with E-state index >= 15 is 0 Å². The Kier molecular flexibility index (Phi) is 4.63. The lowest BCUT2D eigenvalue weighted by Crippen LogP contribution is -2.05. The van der Waals surface area contributed by atoms with Crippen molar-refractivity contribution in [3.05, 3.63) is 65.3 Å². The zero-order valence-electron chi connectivity index (χ0n) is 11.8. The molecule has 0 atom stereocenters. The molecule has 0 bridgehead atoms. The van der Waals surface area contributed by atoms with Gasteiger partial charge in [-0.3, -0.25) is 4.79 Å². The molecular weight excluding hydrogens is 288 g/mol. The van der Waals surface area contributed by atoms with Crippen molar-refractivity contribution in [2.45, 2.75) is 6.42 Å². The van der Waals surface area contributed by atoms with Gasteiger partial charge in [-0.05, 0) is 23.8 Å². The summed E-state index contributed by atoms with van der Waals surface area (Å²) < 4.78 is 10.3. The average Bonchev–Trinajstić information content (AvgIpc) is 2.96. The van der Waals surface area contributed by atoms with Gasteiger partial charge in [0.1, 0.15) is 11.5 Å². The largest absolute Gasteiger partial charge is 0.502 e. The number of allylic oxidation sites excluding steroid dienone is 1. The topological polar surface area (TPSA) is 97.0 Å². The van der Waals surface area contributed by atoms with Crippen molar-refractivity contribution >= 4 is 11.8 Å². The number of aliphatic hydroxyl groups excluding tert-OH is 1. The predicted octanol–water partition coefficient (Wildman–Crippen LogP) is 2.59. The molecule has 0 saturated carbocycles. The van der Waals surface area contributed by atoms with E-state index in [0.717, 1.165) is 5.56 Å². The number of hydrogen-bond donors (Lipinski definition) is 2. The van der Waals surface area contributed by atoms with Gasteiger partial charge in [0.25, 0.3) is 0 Å². The van der Waals surface area contributed by atoms with Crippen LogP contribution in [0.15, 0.2) is 52.8 Å². The Morgan fingerprint density at radius 3 is 2.45 bits per heavy atom. The van der Waals surface area contributed by atoms with Crippen LogP contribution >= 0.6 is 0 Å². The fourth-order valence-corrected chi connectivity index (χ4v) is 1.89. The number of ether oxygens (including phenoxy) is 1. The summed E-state index contributed by atoms with van der Waals surface area (Å²) in [7, 11) is 1.57. The van der Waals surface area contributed by atoms with Gasteiger partial charge in [0, 0.05) is 12.5 Å². The molecule has 0 amide bonds. The lowest BCUT2D eigenvalue weighted by Gasteiger charge is -2.03. The van der Waals surface area contributed by atoms with Gasteiger partial charge >= 0.3 is 5.97 Å². The van der Waals surface area contributed by atoms with Gasteiger partial charge in [-0.2, -0.15) is 0 Å². The van der Waals surface area contributed by atoms with Gasteiger partial charge in [-0.25, -0.2) is 4.79 Å². The van der Waals surface area contributed by atoms with E-state index in [2.05, 4.69) is 0 Å². The highest BCUT2D eigenvalue weighted by Gasteiger charge is 2.16. The van der Waals surface area contributed by atoms with E-state index in [0.29, 0.717) is 24.0 Å². The van der Waals surface area contributed by atoms with E-state index in [4.69, 9.17) is 19.4 Å². The molecule has 0 aliphatic heterocycles. The molecule has 0 aliphatic carbocycles. The molecule has 6 heteroatoms. The number of carbonyl (C=O) groups is 2. The summed E-state index contributed by atoms with van der Waals surface area (Å²) in [6, 6.07) is 8.68. The molecule has 0 radical (unpaired) electrons. The number of carboxylic acids is 1. The molecule has 0 saturated heterocycles. The molecule has 2 rings (SSSR count). The molecule has 1 heterocycles. The average molecular weight is 302 g/mol. The smallest absolute Gasteiger partial charge is 0.371 e. The Bertz CT molecular complexity index is 708. The maximum atomic E-state index is 12.0. The highest BCUT2D eigenvalue weighted by Crippen LogP contribution is 2.19. The molecule has 0 unspecified atom stereocenters. The lowest BCUT2D eigenvalue weighted by molar-refractivity contribution is -0.135. The molecule has 1 aromatic heterocycles. The van der Waals surface area contributed by atoms with Gasteiger partial charge in [0.05, 0.1) is 18.9 Å². The third-order valence-corrected chi connectivity index (χ3v) is 3.02. The predicted molar refractivity (Wildman–Crippen MR) is 77.2 cm³/mol. The van der Waals surface area contributed by atoms with Gasteiger partial charge < -0.3 is 19.4 Å². The summed E-state index contributed by atoms with van der Waals surface area (Å²) in [5.41, 5.74) is 1.11. The quantitative estimate of drug-likeness (QED) is 0.483. The van der Waals surface area contributed by atoms with Gasteiger partial charge in [0.2, 0.25) is 5.76 Å². The number of furan rings is 1. The molecule has 6 nitrogen and oxygen atoms in total. The van der Waals surface area contributed by atoms with E-state index in [1.807, 2.05) is 12.1 Å². The number of aliphatic hydroxyl groups is 1. The molecule has 0 aliphatic rings. The molecule has 114 valence electrons. The SMILES string of the molecule is COc1ccc(Cc2occc2C(=O)C=C(O)C(=O)O)cc1. The number of ketones is 1. The minimum Gasteiger partial charge on any atom is -0.502 e. The fourth-order valence-electron chi connectivity index (χ4n) is 1.89. The zero-order valence-corrected chi connectivity index (χ0v) is 11.8. The van der Waals surface area contributed by atoms with Gasteiger partial charge in [-0.15, -0.1) is 0 Å².